The second kappa shape index (κ2) is 16.3. The Kier molecular flexibility index (Phi) is 9.55. The van der Waals surface area contributed by atoms with Gasteiger partial charge in [0.25, 0.3) is 0 Å². The van der Waals surface area contributed by atoms with Crippen molar-refractivity contribution in [3.05, 3.63) is 242 Å². The molecule has 8 heteroatoms. The highest BCUT2D eigenvalue weighted by Crippen LogP contribution is 2.52. The van der Waals surface area contributed by atoms with Crippen molar-refractivity contribution in [3.63, 3.8) is 0 Å². The molecule has 334 valence electrons. The molecule has 2 heterocycles. The Morgan fingerprint density at radius 3 is 0.929 bits per heavy atom. The van der Waals surface area contributed by atoms with E-state index in [1.165, 1.54) is 48.5 Å². The monoisotopic (exact) mass is 916 g/mol. The van der Waals surface area contributed by atoms with Gasteiger partial charge in [0.1, 0.15) is 34.4 Å². The quantitative estimate of drug-likeness (QED) is 0.142. The summed E-state index contributed by atoms with van der Waals surface area (Å²) in [6, 6.07) is 66.4. The van der Waals surface area contributed by atoms with Crippen molar-refractivity contribution in [3.8, 4) is 22.3 Å². The van der Waals surface area contributed by atoms with Crippen LogP contribution in [0.15, 0.2) is 227 Å². The van der Waals surface area contributed by atoms with E-state index in [0.29, 0.717) is 45.1 Å². The molecule has 0 N–H and O–H groups in total. The second-order valence-corrected chi connectivity index (χ2v) is 17.4. The largest absolute Gasteiger partial charge is 0.452 e. The fourth-order valence-electron chi connectivity index (χ4n) is 10.0. The van der Waals surface area contributed by atoms with Gasteiger partial charge in [0.05, 0.1) is 0 Å². The average molecular weight is 917 g/mol. The summed E-state index contributed by atoms with van der Waals surface area (Å²) in [4.78, 5) is 3.93. The van der Waals surface area contributed by atoms with Gasteiger partial charge in [-0.15, -0.1) is 0 Å². The first-order valence-electron chi connectivity index (χ1n) is 22.8. The summed E-state index contributed by atoms with van der Waals surface area (Å²) in [6.45, 7) is 0. The standard InChI is InChI=1S/C62H36F4N2O2/c63-43-13-23-47(24-14-43)67(48-25-15-44(64)16-26-48)51-21-11-39-33-53-55(35-41(39)31-51)69-61-59(53)57(37-7-3-1-4-8-37)58(38-9-5-2-6-10-38)60-54-34-40-12-22-52(32-42(40)36-56(54)70-62(60)61)68(49-27-17-45(65)18-28-49)50-29-19-46(66)20-30-50/h1-36H. The van der Waals surface area contributed by atoms with Gasteiger partial charge >= 0.3 is 0 Å². The second-order valence-electron chi connectivity index (χ2n) is 17.4. The molecule has 0 unspecified atom stereocenters. The molecule has 0 bridgehead atoms. The predicted molar refractivity (Wildman–Crippen MR) is 276 cm³/mol. The molecule has 0 atom stereocenters. The molecule has 0 spiro atoms. The van der Waals surface area contributed by atoms with Crippen molar-refractivity contribution >= 4 is 99.5 Å². The number of nitrogens with zero attached hydrogens (tertiary/aromatic N) is 2. The number of fused-ring (bicyclic) bond motifs is 9. The number of anilines is 6. The molecule has 70 heavy (non-hydrogen) atoms. The lowest BCUT2D eigenvalue weighted by atomic mass is 9.87. The van der Waals surface area contributed by atoms with E-state index < -0.39 is 0 Å². The van der Waals surface area contributed by atoms with Crippen molar-refractivity contribution in [1.82, 2.24) is 0 Å². The van der Waals surface area contributed by atoms with Crippen LogP contribution in [0, 0.1) is 23.3 Å². The lowest BCUT2D eigenvalue weighted by Gasteiger charge is -2.25. The van der Waals surface area contributed by atoms with Gasteiger partial charge < -0.3 is 18.6 Å². The van der Waals surface area contributed by atoms with E-state index >= 15 is 0 Å². The van der Waals surface area contributed by atoms with Crippen LogP contribution >= 0.6 is 0 Å². The molecule has 0 saturated carbocycles. The van der Waals surface area contributed by atoms with Crippen LogP contribution in [0.1, 0.15) is 0 Å². The molecule has 0 aliphatic rings. The molecule has 0 aliphatic carbocycles. The van der Waals surface area contributed by atoms with Crippen LogP contribution in [-0.4, -0.2) is 0 Å². The van der Waals surface area contributed by atoms with Crippen LogP contribution in [-0.2, 0) is 0 Å². The molecule has 0 saturated heterocycles. The molecule has 13 aromatic rings. The van der Waals surface area contributed by atoms with Crippen LogP contribution in [0.2, 0.25) is 0 Å². The molecule has 0 amide bonds. The summed E-state index contributed by atoms with van der Waals surface area (Å²) in [5, 5.41) is 7.41. The van der Waals surface area contributed by atoms with Crippen molar-refractivity contribution in [2.24, 2.45) is 0 Å². The number of hydrogen-bond acceptors (Lipinski definition) is 4. The number of halogens is 4. The van der Waals surface area contributed by atoms with Crippen LogP contribution in [0.25, 0.3) is 87.7 Å². The van der Waals surface area contributed by atoms with E-state index in [0.717, 1.165) is 76.7 Å². The van der Waals surface area contributed by atoms with Gasteiger partial charge in [-0.1, -0.05) is 72.8 Å². The van der Waals surface area contributed by atoms with Crippen LogP contribution in [0.4, 0.5) is 51.7 Å². The molecule has 0 aliphatic heterocycles. The van der Waals surface area contributed by atoms with Crippen LogP contribution in [0.5, 0.6) is 0 Å². The Balaban J connectivity index is 1.06. The lowest BCUT2D eigenvalue weighted by Crippen LogP contribution is -2.10. The third-order valence-electron chi connectivity index (χ3n) is 13.2. The smallest absolute Gasteiger partial charge is 0.179 e. The van der Waals surface area contributed by atoms with Gasteiger partial charge in [-0.3, -0.25) is 0 Å². The fraction of sp³-hybridized carbons (Fsp3) is 0. The van der Waals surface area contributed by atoms with E-state index in [9.17, 15) is 17.6 Å². The highest BCUT2D eigenvalue weighted by atomic mass is 19.1. The molecule has 4 nitrogen and oxygen atoms in total. The van der Waals surface area contributed by atoms with Crippen LogP contribution in [0.3, 0.4) is 0 Å². The first-order valence-corrected chi connectivity index (χ1v) is 22.8. The van der Waals surface area contributed by atoms with E-state index in [2.05, 4.69) is 72.8 Å². The molecule has 0 fully saturated rings. The van der Waals surface area contributed by atoms with Gasteiger partial charge in [-0.05, 0) is 178 Å². The Morgan fingerprint density at radius 2 is 0.600 bits per heavy atom. The summed E-state index contributed by atoms with van der Waals surface area (Å²) >= 11 is 0. The minimum atomic E-state index is -0.353. The molecule has 13 rings (SSSR count). The maximum absolute atomic E-state index is 14.2. The minimum absolute atomic E-state index is 0.353. The maximum atomic E-state index is 14.2. The third-order valence-corrected chi connectivity index (χ3v) is 13.2. The van der Waals surface area contributed by atoms with Gasteiger partial charge in [0, 0.05) is 66.8 Å². The van der Waals surface area contributed by atoms with Gasteiger partial charge in [0.15, 0.2) is 11.2 Å². The van der Waals surface area contributed by atoms with Gasteiger partial charge in [-0.2, -0.15) is 0 Å². The summed E-state index contributed by atoms with van der Waals surface area (Å²) in [5.74, 6) is -1.41. The third kappa shape index (κ3) is 6.91. The lowest BCUT2D eigenvalue weighted by molar-refractivity contribution is 0.627. The summed E-state index contributed by atoms with van der Waals surface area (Å²) in [6.07, 6.45) is 0. The van der Waals surface area contributed by atoms with E-state index in [4.69, 9.17) is 8.83 Å². The van der Waals surface area contributed by atoms with Crippen molar-refractivity contribution in [1.29, 1.82) is 0 Å². The topological polar surface area (TPSA) is 32.8 Å². The summed E-state index contributed by atoms with van der Waals surface area (Å²) in [7, 11) is 0. The number of rotatable bonds is 8. The zero-order chi connectivity index (χ0) is 47.0. The Labute approximate surface area is 398 Å². The number of benzene rings is 11. The molecule has 2 aromatic heterocycles. The molecule has 0 radical (unpaired) electrons. The normalized spacial score (nSPS) is 11.7. The van der Waals surface area contributed by atoms with Crippen molar-refractivity contribution in [2.75, 3.05) is 9.80 Å². The summed E-state index contributed by atoms with van der Waals surface area (Å²) in [5.41, 5.74) is 11.0. The molecule has 11 aromatic carbocycles. The molecular formula is C62H36F4N2O2. The van der Waals surface area contributed by atoms with E-state index in [1.807, 2.05) is 58.3 Å². The van der Waals surface area contributed by atoms with Crippen molar-refractivity contribution < 1.29 is 26.4 Å². The summed E-state index contributed by atoms with van der Waals surface area (Å²) < 4.78 is 70.9. The first kappa shape index (κ1) is 41.1. The Hall–Kier alpha value is -9.14. The fourth-order valence-corrected chi connectivity index (χ4v) is 10.0. The Morgan fingerprint density at radius 1 is 0.286 bits per heavy atom. The van der Waals surface area contributed by atoms with Crippen LogP contribution < -0.4 is 9.80 Å². The average Bonchev–Trinajstić information content (AvgIpc) is 3.95. The zero-order valence-electron chi connectivity index (χ0n) is 37.0. The number of hydrogen-bond donors (Lipinski definition) is 0. The molecular weight excluding hydrogens is 881 g/mol. The zero-order valence-corrected chi connectivity index (χ0v) is 37.0. The van der Waals surface area contributed by atoms with Gasteiger partial charge in [0.2, 0.25) is 0 Å². The van der Waals surface area contributed by atoms with Crippen molar-refractivity contribution in [2.45, 2.75) is 0 Å². The minimum Gasteiger partial charge on any atom is -0.452 e. The maximum Gasteiger partial charge on any atom is 0.179 e. The predicted octanol–water partition coefficient (Wildman–Crippen LogP) is 18.6. The first-order chi connectivity index (χ1) is 34.3. The van der Waals surface area contributed by atoms with E-state index in [1.54, 1.807) is 48.5 Å². The highest BCUT2D eigenvalue weighted by Gasteiger charge is 2.27. The highest BCUT2D eigenvalue weighted by molar-refractivity contribution is 6.31. The van der Waals surface area contributed by atoms with Gasteiger partial charge in [-0.25, -0.2) is 17.6 Å². The number of furan rings is 2. The van der Waals surface area contributed by atoms with E-state index in [-0.39, 0.29) is 23.3 Å². The SMILES string of the molecule is Fc1ccc(N(c2ccc(F)cc2)c2ccc3cc4c(cc3c2)oc2c3oc5cc6cc(N(c7ccc(F)cc7)c7ccc(F)cc7)ccc6cc5c3c(-c3ccccc3)c(-c3ccccc3)c42)cc1. The Bertz CT molecular complexity index is 3770.